The lowest BCUT2D eigenvalue weighted by Crippen LogP contribution is -2.55. The Hall–Kier alpha value is -5.14. The van der Waals surface area contributed by atoms with E-state index < -0.39 is 11.0 Å². The first kappa shape index (κ1) is 31.8. The van der Waals surface area contributed by atoms with Gasteiger partial charge in [0.15, 0.2) is 0 Å². The minimum atomic E-state index is -0.439. The maximum absolute atomic E-state index is 13.4. The highest BCUT2D eigenvalue weighted by molar-refractivity contribution is 6.05. The molecule has 1 aliphatic heterocycles. The Labute approximate surface area is 276 Å². The van der Waals surface area contributed by atoms with Crippen molar-refractivity contribution in [3.8, 4) is 16.9 Å². The molecule has 0 saturated heterocycles. The monoisotopic (exact) mass is 627 g/mol. The zero-order valence-corrected chi connectivity index (χ0v) is 27.4. The molecule has 240 valence electrons. The second-order valence-corrected chi connectivity index (χ2v) is 12.9. The van der Waals surface area contributed by atoms with Crippen LogP contribution < -0.4 is 20.3 Å². The minimum Gasteiger partial charge on any atom is -0.492 e. The first-order valence-corrected chi connectivity index (χ1v) is 16.0. The molecular weight excluding hydrogens is 586 g/mol. The predicted molar refractivity (Wildman–Crippen MR) is 187 cm³/mol. The summed E-state index contributed by atoms with van der Waals surface area (Å²) in [5.41, 5.74) is 5.48. The standard InChI is InChI=1S/C40H41N3O4/c1-28(44)43-37-21-18-33(42-38(45)31-14-12-30(13-15-31)29-9-6-5-7-10-29)25-36(37)40(4,27-39(43,2)3)32-16-19-34(20-17-32)47-24-22-41-26-35-11-8-23-46-35/h5-21,23,25,41H,22,24,26-27H2,1-4H3,(H,42,45). The number of furan rings is 1. The Morgan fingerprint density at radius 1 is 0.851 bits per heavy atom. The molecule has 0 spiro atoms. The van der Waals surface area contributed by atoms with Crippen molar-refractivity contribution in [2.24, 2.45) is 0 Å². The van der Waals surface area contributed by atoms with Gasteiger partial charge < -0.3 is 24.7 Å². The number of carbonyl (C=O) groups is 2. The highest BCUT2D eigenvalue weighted by atomic mass is 16.5. The van der Waals surface area contributed by atoms with Gasteiger partial charge in [-0.1, -0.05) is 61.5 Å². The molecule has 7 heteroatoms. The van der Waals surface area contributed by atoms with E-state index >= 15 is 0 Å². The van der Waals surface area contributed by atoms with Crippen molar-refractivity contribution in [2.75, 3.05) is 23.4 Å². The average molecular weight is 628 g/mol. The first-order valence-electron chi connectivity index (χ1n) is 16.0. The van der Waals surface area contributed by atoms with Crippen molar-refractivity contribution in [3.05, 3.63) is 138 Å². The number of benzene rings is 4. The van der Waals surface area contributed by atoms with Crippen LogP contribution in [-0.4, -0.2) is 30.5 Å². The van der Waals surface area contributed by atoms with Gasteiger partial charge in [0.05, 0.1) is 12.8 Å². The lowest BCUT2D eigenvalue weighted by Gasteiger charge is -2.51. The fraction of sp³-hybridized carbons (Fsp3) is 0.250. The summed E-state index contributed by atoms with van der Waals surface area (Å²) in [5.74, 6) is 1.47. The third kappa shape index (κ3) is 6.86. The first-order chi connectivity index (χ1) is 22.6. The summed E-state index contributed by atoms with van der Waals surface area (Å²) in [7, 11) is 0. The number of amides is 2. The van der Waals surface area contributed by atoms with Gasteiger partial charge in [-0.2, -0.15) is 0 Å². The molecule has 0 aliphatic carbocycles. The van der Waals surface area contributed by atoms with Crippen LogP contribution in [0.1, 0.15) is 61.4 Å². The minimum absolute atomic E-state index is 0.0157. The molecule has 2 N–H and O–H groups in total. The highest BCUT2D eigenvalue weighted by Crippen LogP contribution is 2.51. The second-order valence-electron chi connectivity index (χ2n) is 12.9. The Balaban J connectivity index is 1.22. The van der Waals surface area contributed by atoms with Crippen molar-refractivity contribution in [2.45, 2.75) is 51.6 Å². The van der Waals surface area contributed by atoms with Gasteiger partial charge in [-0.15, -0.1) is 0 Å². The van der Waals surface area contributed by atoms with E-state index in [1.54, 1.807) is 13.2 Å². The van der Waals surface area contributed by atoms with E-state index in [1.165, 1.54) is 0 Å². The van der Waals surface area contributed by atoms with Gasteiger partial charge in [-0.05, 0) is 97.1 Å². The molecule has 1 aliphatic rings. The summed E-state index contributed by atoms with van der Waals surface area (Å²) in [6, 6.07) is 35.6. The number of rotatable bonds is 10. The lowest BCUT2D eigenvalue weighted by molar-refractivity contribution is -0.117. The zero-order chi connectivity index (χ0) is 33.0. The van der Waals surface area contributed by atoms with E-state index in [-0.39, 0.29) is 11.8 Å². The number of fused-ring (bicyclic) bond motifs is 1. The van der Waals surface area contributed by atoms with Crippen molar-refractivity contribution in [3.63, 3.8) is 0 Å². The number of ether oxygens (including phenoxy) is 1. The fourth-order valence-electron chi connectivity index (χ4n) is 6.90. The van der Waals surface area contributed by atoms with Crippen LogP contribution in [0.5, 0.6) is 5.75 Å². The van der Waals surface area contributed by atoms with Crippen LogP contribution in [0, 0.1) is 0 Å². The number of anilines is 2. The Bertz CT molecular complexity index is 1830. The molecule has 1 aromatic heterocycles. The number of hydrogen-bond acceptors (Lipinski definition) is 5. The number of nitrogens with zero attached hydrogens (tertiary/aromatic N) is 1. The Kier molecular flexibility index (Phi) is 9.01. The van der Waals surface area contributed by atoms with Crippen molar-refractivity contribution in [1.29, 1.82) is 0 Å². The second kappa shape index (κ2) is 13.3. The number of carbonyl (C=O) groups excluding carboxylic acids is 2. The quantitative estimate of drug-likeness (QED) is 0.153. The van der Waals surface area contributed by atoms with Crippen LogP contribution in [0.2, 0.25) is 0 Å². The molecule has 6 rings (SSSR count). The van der Waals surface area contributed by atoms with Crippen molar-refractivity contribution < 1.29 is 18.7 Å². The largest absolute Gasteiger partial charge is 0.492 e. The van der Waals surface area contributed by atoms with Gasteiger partial charge in [-0.3, -0.25) is 9.59 Å². The summed E-state index contributed by atoms with van der Waals surface area (Å²) < 4.78 is 11.4. The molecule has 0 saturated carbocycles. The highest BCUT2D eigenvalue weighted by Gasteiger charge is 2.47. The topological polar surface area (TPSA) is 83.8 Å². The number of hydrogen-bond donors (Lipinski definition) is 2. The molecule has 2 amide bonds. The molecule has 0 bridgehead atoms. The molecule has 2 heterocycles. The molecule has 0 radical (unpaired) electrons. The van der Waals surface area contributed by atoms with Gasteiger partial charge in [0.2, 0.25) is 5.91 Å². The van der Waals surface area contributed by atoms with Crippen LogP contribution in [0.25, 0.3) is 11.1 Å². The average Bonchev–Trinajstić information content (AvgIpc) is 3.59. The maximum Gasteiger partial charge on any atom is 0.255 e. The maximum atomic E-state index is 13.4. The van der Waals surface area contributed by atoms with Gasteiger partial charge in [0.1, 0.15) is 18.1 Å². The molecule has 7 nitrogen and oxygen atoms in total. The Morgan fingerprint density at radius 3 is 2.26 bits per heavy atom. The summed E-state index contributed by atoms with van der Waals surface area (Å²) in [6.07, 6.45) is 2.36. The van der Waals surface area contributed by atoms with Crippen molar-refractivity contribution >= 4 is 23.2 Å². The molecule has 5 aromatic rings. The van der Waals surface area contributed by atoms with Crippen LogP contribution in [0.4, 0.5) is 11.4 Å². The molecule has 0 fully saturated rings. The van der Waals surface area contributed by atoms with E-state index in [9.17, 15) is 9.59 Å². The van der Waals surface area contributed by atoms with Crippen LogP contribution in [0.15, 0.2) is 120 Å². The zero-order valence-electron chi connectivity index (χ0n) is 27.4. The van der Waals surface area contributed by atoms with Crippen LogP contribution >= 0.6 is 0 Å². The van der Waals surface area contributed by atoms with Gasteiger partial charge >= 0.3 is 0 Å². The summed E-state index contributed by atoms with van der Waals surface area (Å²) in [4.78, 5) is 28.2. The number of nitrogens with one attached hydrogen (secondary N) is 2. The third-order valence-electron chi connectivity index (χ3n) is 8.97. The van der Waals surface area contributed by atoms with E-state index in [4.69, 9.17) is 9.15 Å². The van der Waals surface area contributed by atoms with E-state index in [0.29, 0.717) is 37.4 Å². The molecule has 1 unspecified atom stereocenters. The SMILES string of the molecule is CC(=O)N1c2ccc(NC(=O)c3ccc(-c4ccccc4)cc3)cc2C(C)(c2ccc(OCCNCc3ccco3)cc2)CC1(C)C. The molecule has 47 heavy (non-hydrogen) atoms. The molecular formula is C40H41N3O4. The van der Waals surface area contributed by atoms with Crippen LogP contribution in [0.3, 0.4) is 0 Å². The molecule has 4 aromatic carbocycles. The van der Waals surface area contributed by atoms with E-state index in [2.05, 4.69) is 43.5 Å². The normalized spacial score (nSPS) is 16.7. The lowest BCUT2D eigenvalue weighted by atomic mass is 9.65. The smallest absolute Gasteiger partial charge is 0.255 e. The summed E-state index contributed by atoms with van der Waals surface area (Å²) >= 11 is 0. The van der Waals surface area contributed by atoms with E-state index in [0.717, 1.165) is 39.5 Å². The third-order valence-corrected chi connectivity index (χ3v) is 8.97. The van der Waals surface area contributed by atoms with Crippen molar-refractivity contribution in [1.82, 2.24) is 5.32 Å². The van der Waals surface area contributed by atoms with Gasteiger partial charge in [0.25, 0.3) is 5.91 Å². The summed E-state index contributed by atoms with van der Waals surface area (Å²) in [5, 5.41) is 6.42. The fourth-order valence-corrected chi connectivity index (χ4v) is 6.90. The molecule has 1 atom stereocenters. The summed E-state index contributed by atoms with van der Waals surface area (Å²) in [6.45, 7) is 9.91. The predicted octanol–water partition coefficient (Wildman–Crippen LogP) is 8.21. The van der Waals surface area contributed by atoms with Crippen LogP contribution in [-0.2, 0) is 16.8 Å². The Morgan fingerprint density at radius 2 is 1.57 bits per heavy atom. The van der Waals surface area contributed by atoms with Gasteiger partial charge in [-0.25, -0.2) is 0 Å². The van der Waals surface area contributed by atoms with E-state index in [1.807, 2.05) is 102 Å². The van der Waals surface area contributed by atoms with Gasteiger partial charge in [0, 0.05) is 41.4 Å².